The van der Waals surface area contributed by atoms with Gasteiger partial charge in [-0.05, 0) is 37.1 Å². The number of hydrogen-bond donors (Lipinski definition) is 3. The first kappa shape index (κ1) is 14.9. The monoisotopic (exact) mass is 280 g/mol. The quantitative estimate of drug-likeness (QED) is 0.763. The molecule has 1 aromatic carbocycles. The van der Waals surface area contributed by atoms with Crippen molar-refractivity contribution in [2.45, 2.75) is 25.9 Å². The van der Waals surface area contributed by atoms with E-state index in [9.17, 15) is 14.3 Å². The summed E-state index contributed by atoms with van der Waals surface area (Å²) in [5.41, 5.74) is 1.24. The number of aryl methyl sites for hydroxylation is 1. The Labute approximate surface area is 118 Å². The van der Waals surface area contributed by atoms with Crippen molar-refractivity contribution in [1.29, 1.82) is 0 Å². The molecule has 0 unspecified atom stereocenters. The van der Waals surface area contributed by atoms with E-state index in [-0.39, 0.29) is 24.1 Å². The molecule has 20 heavy (non-hydrogen) atoms. The van der Waals surface area contributed by atoms with Crippen LogP contribution in [0.2, 0.25) is 0 Å². The van der Waals surface area contributed by atoms with Gasteiger partial charge in [0.15, 0.2) is 0 Å². The Morgan fingerprint density at radius 2 is 2.35 bits per heavy atom. The maximum Gasteiger partial charge on any atom is 0.224 e. The van der Waals surface area contributed by atoms with E-state index in [2.05, 4.69) is 10.6 Å². The van der Waals surface area contributed by atoms with Crippen molar-refractivity contribution in [3.63, 3.8) is 0 Å². The molecule has 4 nitrogen and oxygen atoms in total. The highest BCUT2D eigenvalue weighted by Gasteiger charge is 2.22. The minimum Gasteiger partial charge on any atom is -0.391 e. The fourth-order valence-corrected chi connectivity index (χ4v) is 2.37. The van der Waals surface area contributed by atoms with E-state index in [4.69, 9.17) is 0 Å². The molecule has 0 bridgehead atoms. The summed E-state index contributed by atoms with van der Waals surface area (Å²) in [4.78, 5) is 11.8. The van der Waals surface area contributed by atoms with Crippen molar-refractivity contribution in [2.75, 3.05) is 19.6 Å². The average Bonchev–Trinajstić information content (AvgIpc) is 2.42. The normalized spacial score (nSPS) is 22.6. The molecule has 2 rings (SSSR count). The predicted molar refractivity (Wildman–Crippen MR) is 74.8 cm³/mol. The maximum atomic E-state index is 13.4. The summed E-state index contributed by atoms with van der Waals surface area (Å²) < 4.78 is 13.4. The lowest BCUT2D eigenvalue weighted by Crippen LogP contribution is -2.45. The molecule has 1 amide bonds. The van der Waals surface area contributed by atoms with Crippen molar-refractivity contribution in [1.82, 2.24) is 10.6 Å². The van der Waals surface area contributed by atoms with Crippen LogP contribution < -0.4 is 10.6 Å². The molecule has 0 radical (unpaired) electrons. The van der Waals surface area contributed by atoms with E-state index in [0.717, 1.165) is 13.0 Å². The first-order chi connectivity index (χ1) is 9.56. The molecule has 0 spiro atoms. The smallest absolute Gasteiger partial charge is 0.224 e. The summed E-state index contributed by atoms with van der Waals surface area (Å²) in [5, 5.41) is 15.7. The van der Waals surface area contributed by atoms with Gasteiger partial charge in [-0.1, -0.05) is 12.1 Å². The first-order valence-electron chi connectivity index (χ1n) is 6.97. The van der Waals surface area contributed by atoms with Crippen LogP contribution in [0.3, 0.4) is 0 Å². The number of carbonyl (C=O) groups excluding carboxylic acids is 1. The average molecular weight is 280 g/mol. The van der Waals surface area contributed by atoms with Crippen molar-refractivity contribution in [3.8, 4) is 0 Å². The highest BCUT2D eigenvalue weighted by atomic mass is 19.1. The third-order valence-electron chi connectivity index (χ3n) is 3.75. The van der Waals surface area contributed by atoms with Gasteiger partial charge < -0.3 is 15.7 Å². The SMILES string of the molecule is Cc1ccc(CC(=O)NC[C@@H]2CCNC[C@H]2O)cc1F. The third-order valence-corrected chi connectivity index (χ3v) is 3.75. The van der Waals surface area contributed by atoms with Crippen LogP contribution in [0.5, 0.6) is 0 Å². The van der Waals surface area contributed by atoms with Crippen LogP contribution in [0.25, 0.3) is 0 Å². The lowest BCUT2D eigenvalue weighted by molar-refractivity contribution is -0.120. The van der Waals surface area contributed by atoms with Gasteiger partial charge in [0.2, 0.25) is 5.91 Å². The highest BCUT2D eigenvalue weighted by Crippen LogP contribution is 2.12. The van der Waals surface area contributed by atoms with E-state index < -0.39 is 6.10 Å². The first-order valence-corrected chi connectivity index (χ1v) is 6.97. The Bertz CT molecular complexity index is 479. The molecule has 3 N–H and O–H groups in total. The number of halogens is 1. The van der Waals surface area contributed by atoms with Gasteiger partial charge in [0.1, 0.15) is 5.82 Å². The summed E-state index contributed by atoms with van der Waals surface area (Å²) in [6, 6.07) is 4.83. The summed E-state index contributed by atoms with van der Waals surface area (Å²) in [5.74, 6) is -0.335. The lowest BCUT2D eigenvalue weighted by Gasteiger charge is -2.28. The highest BCUT2D eigenvalue weighted by molar-refractivity contribution is 5.78. The number of aliphatic hydroxyl groups is 1. The van der Waals surface area contributed by atoms with Crippen LogP contribution in [0.15, 0.2) is 18.2 Å². The molecular weight excluding hydrogens is 259 g/mol. The number of β-amino-alcohol motifs (C(OH)–C–C–N with tert-alkyl or cyclic N) is 1. The molecule has 1 heterocycles. The second kappa shape index (κ2) is 6.81. The maximum absolute atomic E-state index is 13.4. The fraction of sp³-hybridized carbons (Fsp3) is 0.533. The number of aliphatic hydroxyl groups excluding tert-OH is 1. The van der Waals surface area contributed by atoms with Gasteiger partial charge in [0.25, 0.3) is 0 Å². The van der Waals surface area contributed by atoms with E-state index in [1.807, 2.05) is 0 Å². The number of nitrogens with one attached hydrogen (secondary N) is 2. The summed E-state index contributed by atoms with van der Waals surface area (Å²) >= 11 is 0. The summed E-state index contributed by atoms with van der Waals surface area (Å²) in [6.07, 6.45) is 0.597. The predicted octanol–water partition coefficient (Wildman–Crippen LogP) is 0.763. The van der Waals surface area contributed by atoms with Gasteiger partial charge in [-0.25, -0.2) is 4.39 Å². The molecule has 1 fully saturated rings. The van der Waals surface area contributed by atoms with Crippen molar-refractivity contribution < 1.29 is 14.3 Å². The van der Waals surface area contributed by atoms with Gasteiger partial charge in [-0.2, -0.15) is 0 Å². The standard InChI is InChI=1S/C15H21FN2O2/c1-10-2-3-11(6-13(10)16)7-15(20)18-8-12-4-5-17-9-14(12)19/h2-3,6,12,14,17,19H,4-5,7-9H2,1H3,(H,18,20)/t12-,14+/m0/s1. The van der Waals surface area contributed by atoms with Crippen LogP contribution in [-0.2, 0) is 11.2 Å². The Morgan fingerprint density at radius 3 is 3.05 bits per heavy atom. The molecule has 1 aromatic rings. The largest absolute Gasteiger partial charge is 0.391 e. The third kappa shape index (κ3) is 4.02. The van der Waals surface area contributed by atoms with Crippen LogP contribution in [0, 0.1) is 18.7 Å². The van der Waals surface area contributed by atoms with Crippen molar-refractivity contribution in [3.05, 3.63) is 35.1 Å². The van der Waals surface area contributed by atoms with Crippen LogP contribution >= 0.6 is 0 Å². The zero-order chi connectivity index (χ0) is 14.5. The molecule has 1 saturated heterocycles. The zero-order valence-electron chi connectivity index (χ0n) is 11.7. The van der Waals surface area contributed by atoms with Gasteiger partial charge in [0, 0.05) is 19.0 Å². The van der Waals surface area contributed by atoms with Crippen LogP contribution in [0.4, 0.5) is 4.39 Å². The molecule has 1 aliphatic rings. The van der Waals surface area contributed by atoms with Crippen LogP contribution in [-0.4, -0.2) is 36.8 Å². The molecular formula is C15H21FN2O2. The zero-order valence-corrected chi connectivity index (χ0v) is 11.7. The molecule has 110 valence electrons. The number of carbonyl (C=O) groups is 1. The molecule has 5 heteroatoms. The Morgan fingerprint density at radius 1 is 1.55 bits per heavy atom. The van der Waals surface area contributed by atoms with Gasteiger partial charge in [-0.3, -0.25) is 4.79 Å². The number of hydrogen-bond acceptors (Lipinski definition) is 3. The van der Waals surface area contributed by atoms with E-state index in [1.54, 1.807) is 19.1 Å². The summed E-state index contributed by atoms with van der Waals surface area (Å²) in [6.45, 7) is 3.60. The van der Waals surface area contributed by atoms with Crippen molar-refractivity contribution >= 4 is 5.91 Å². The second-order valence-electron chi connectivity index (χ2n) is 5.38. The van der Waals surface area contributed by atoms with Gasteiger partial charge in [0.05, 0.1) is 12.5 Å². The Balaban J connectivity index is 1.81. The molecule has 2 atom stereocenters. The van der Waals surface area contributed by atoms with E-state index in [0.29, 0.717) is 24.2 Å². The Kier molecular flexibility index (Phi) is 5.09. The van der Waals surface area contributed by atoms with E-state index >= 15 is 0 Å². The number of benzene rings is 1. The van der Waals surface area contributed by atoms with Crippen LogP contribution in [0.1, 0.15) is 17.5 Å². The topological polar surface area (TPSA) is 61.4 Å². The summed E-state index contributed by atoms with van der Waals surface area (Å²) in [7, 11) is 0. The lowest BCUT2D eigenvalue weighted by atomic mass is 9.95. The second-order valence-corrected chi connectivity index (χ2v) is 5.38. The van der Waals surface area contributed by atoms with Gasteiger partial charge in [-0.15, -0.1) is 0 Å². The fourth-order valence-electron chi connectivity index (χ4n) is 2.37. The molecule has 0 aliphatic carbocycles. The molecule has 0 aromatic heterocycles. The number of rotatable bonds is 4. The minimum atomic E-state index is -0.416. The Hall–Kier alpha value is -1.46. The molecule has 1 aliphatic heterocycles. The molecule has 0 saturated carbocycles. The number of piperidine rings is 1. The minimum absolute atomic E-state index is 0.0925. The van der Waals surface area contributed by atoms with Crippen molar-refractivity contribution in [2.24, 2.45) is 5.92 Å². The van der Waals surface area contributed by atoms with E-state index in [1.165, 1.54) is 6.07 Å². The van der Waals surface area contributed by atoms with Gasteiger partial charge >= 0.3 is 0 Å². The number of amides is 1.